The minimum atomic E-state index is -0.320. The molecule has 1 aromatic rings. The molecule has 0 saturated carbocycles. The van der Waals surface area contributed by atoms with Gasteiger partial charge in [-0.3, -0.25) is 9.59 Å². The molecule has 0 spiro atoms. The van der Waals surface area contributed by atoms with Gasteiger partial charge in [0.1, 0.15) is 0 Å². The van der Waals surface area contributed by atoms with E-state index in [1.165, 1.54) is 25.6 Å². The van der Waals surface area contributed by atoms with E-state index in [0.29, 0.717) is 11.7 Å². The zero-order valence-electron chi connectivity index (χ0n) is 10.6. The maximum absolute atomic E-state index is 11.5. The Morgan fingerprint density at radius 1 is 1.39 bits per heavy atom. The molecule has 1 amide bonds. The molecule has 1 N–H and O–H groups in total. The Morgan fingerprint density at radius 2 is 2.11 bits per heavy atom. The predicted octanol–water partition coefficient (Wildman–Crippen LogP) is 1.14. The van der Waals surface area contributed by atoms with Crippen LogP contribution in [0, 0.1) is 6.92 Å². The second-order valence-electron chi connectivity index (χ2n) is 3.57. The minimum Gasteiger partial charge on any atom is -0.469 e. The summed E-state index contributed by atoms with van der Waals surface area (Å²) < 4.78 is 9.40. The number of nitrogens with zero attached hydrogens (tertiary/aromatic N) is 1. The number of esters is 1. The van der Waals surface area contributed by atoms with Crippen molar-refractivity contribution in [3.8, 4) is 0 Å². The highest BCUT2D eigenvalue weighted by atomic mass is 32.1. The van der Waals surface area contributed by atoms with Crippen molar-refractivity contribution in [2.75, 3.05) is 26.1 Å². The fourth-order valence-corrected chi connectivity index (χ4v) is 2.19. The molecule has 1 rings (SSSR count). The van der Waals surface area contributed by atoms with Crippen LogP contribution in [0.4, 0.5) is 5.13 Å². The number of rotatable bonds is 6. The number of carbonyl (C=O) groups excluding carboxylic acids is 2. The molecule has 0 aliphatic carbocycles. The first-order chi connectivity index (χ1) is 8.56. The van der Waals surface area contributed by atoms with Crippen LogP contribution in [0.5, 0.6) is 0 Å². The second-order valence-corrected chi connectivity index (χ2v) is 4.66. The summed E-state index contributed by atoms with van der Waals surface area (Å²) in [5, 5.41) is 3.16. The highest BCUT2D eigenvalue weighted by Gasteiger charge is 2.13. The van der Waals surface area contributed by atoms with E-state index in [-0.39, 0.29) is 24.7 Å². The van der Waals surface area contributed by atoms with Gasteiger partial charge in [0.2, 0.25) is 5.91 Å². The second kappa shape index (κ2) is 7.07. The largest absolute Gasteiger partial charge is 0.469 e. The molecule has 0 aliphatic heterocycles. The van der Waals surface area contributed by atoms with E-state index in [0.717, 1.165) is 10.6 Å². The third-order valence-corrected chi connectivity index (χ3v) is 3.28. The predicted molar refractivity (Wildman–Crippen MR) is 67.7 cm³/mol. The van der Waals surface area contributed by atoms with E-state index in [1.807, 2.05) is 0 Å². The molecule has 0 bridgehead atoms. The number of ether oxygens (including phenoxy) is 2. The summed E-state index contributed by atoms with van der Waals surface area (Å²) >= 11 is 1.28. The number of carbonyl (C=O) groups is 2. The molecule has 18 heavy (non-hydrogen) atoms. The Bertz CT molecular complexity index is 431. The van der Waals surface area contributed by atoms with Gasteiger partial charge in [0, 0.05) is 12.0 Å². The zero-order chi connectivity index (χ0) is 13.5. The number of thiazole rings is 1. The van der Waals surface area contributed by atoms with Gasteiger partial charge in [0.25, 0.3) is 0 Å². The van der Waals surface area contributed by atoms with Crippen LogP contribution >= 0.6 is 11.3 Å². The van der Waals surface area contributed by atoms with Gasteiger partial charge in [-0.25, -0.2) is 4.98 Å². The monoisotopic (exact) mass is 272 g/mol. The van der Waals surface area contributed by atoms with Crippen LogP contribution in [0.15, 0.2) is 0 Å². The lowest BCUT2D eigenvalue weighted by Gasteiger charge is -1.99. The first kappa shape index (κ1) is 14.6. The lowest BCUT2D eigenvalue weighted by atomic mass is 10.3. The van der Waals surface area contributed by atoms with Gasteiger partial charge in [-0.1, -0.05) is 0 Å². The number of hydrogen-bond acceptors (Lipinski definition) is 6. The van der Waals surface area contributed by atoms with Gasteiger partial charge in [0.05, 0.1) is 32.3 Å². The van der Waals surface area contributed by atoms with Crippen LogP contribution in [0.2, 0.25) is 0 Å². The lowest BCUT2D eigenvalue weighted by Crippen LogP contribution is -2.13. The highest BCUT2D eigenvalue weighted by Crippen LogP contribution is 2.23. The maximum atomic E-state index is 11.5. The topological polar surface area (TPSA) is 77.5 Å². The van der Waals surface area contributed by atoms with Crippen molar-refractivity contribution in [3.63, 3.8) is 0 Å². The van der Waals surface area contributed by atoms with Crippen LogP contribution in [0.25, 0.3) is 0 Å². The number of amides is 1. The van der Waals surface area contributed by atoms with Crippen molar-refractivity contribution in [1.82, 2.24) is 4.98 Å². The van der Waals surface area contributed by atoms with E-state index >= 15 is 0 Å². The number of methoxy groups -OCH3 is 2. The quantitative estimate of drug-likeness (QED) is 0.786. The Morgan fingerprint density at radius 3 is 2.72 bits per heavy atom. The lowest BCUT2D eigenvalue weighted by molar-refractivity contribution is -0.139. The molecule has 0 aromatic carbocycles. The molecule has 7 heteroatoms. The number of anilines is 1. The summed E-state index contributed by atoms with van der Waals surface area (Å²) in [5.41, 5.74) is 0.729. The summed E-state index contributed by atoms with van der Waals surface area (Å²) in [6.45, 7) is 2.16. The van der Waals surface area contributed by atoms with Crippen molar-refractivity contribution in [2.24, 2.45) is 0 Å². The van der Waals surface area contributed by atoms with Gasteiger partial charge < -0.3 is 14.8 Å². The van der Waals surface area contributed by atoms with Crippen molar-refractivity contribution in [3.05, 3.63) is 10.6 Å². The average molecular weight is 272 g/mol. The third-order valence-electron chi connectivity index (χ3n) is 2.20. The SMILES string of the molecule is COCCC(=O)Nc1nc(C)c(CC(=O)OC)s1. The van der Waals surface area contributed by atoms with E-state index in [1.54, 1.807) is 6.92 Å². The van der Waals surface area contributed by atoms with Crippen molar-refractivity contribution < 1.29 is 19.1 Å². The van der Waals surface area contributed by atoms with Crippen molar-refractivity contribution in [2.45, 2.75) is 19.8 Å². The van der Waals surface area contributed by atoms with E-state index in [4.69, 9.17) is 4.74 Å². The molecule has 0 atom stereocenters. The molecule has 100 valence electrons. The molecule has 6 nitrogen and oxygen atoms in total. The standard InChI is InChI=1S/C11H16N2O4S/c1-7-8(6-10(15)17-3)18-11(12-7)13-9(14)4-5-16-2/h4-6H2,1-3H3,(H,12,13,14). The fourth-order valence-electron chi connectivity index (χ4n) is 1.23. The average Bonchev–Trinajstić information content (AvgIpc) is 2.66. The molecule has 0 fully saturated rings. The normalized spacial score (nSPS) is 10.2. The smallest absolute Gasteiger partial charge is 0.310 e. The summed E-state index contributed by atoms with van der Waals surface area (Å²) in [4.78, 5) is 27.6. The van der Waals surface area contributed by atoms with Crippen LogP contribution in [0.3, 0.4) is 0 Å². The fraction of sp³-hybridized carbons (Fsp3) is 0.545. The number of aromatic nitrogens is 1. The van der Waals surface area contributed by atoms with Gasteiger partial charge in [-0.05, 0) is 6.92 Å². The summed E-state index contributed by atoms with van der Waals surface area (Å²) in [5.74, 6) is -0.478. The Balaban J connectivity index is 2.60. The first-order valence-corrected chi connectivity index (χ1v) is 6.20. The van der Waals surface area contributed by atoms with E-state index < -0.39 is 0 Å². The number of aryl methyl sites for hydroxylation is 1. The Hall–Kier alpha value is -1.47. The zero-order valence-corrected chi connectivity index (χ0v) is 11.4. The number of hydrogen-bond donors (Lipinski definition) is 1. The molecule has 0 saturated heterocycles. The van der Waals surface area contributed by atoms with Gasteiger partial charge >= 0.3 is 5.97 Å². The summed E-state index contributed by atoms with van der Waals surface area (Å²) in [6.07, 6.45) is 0.454. The Kier molecular flexibility index (Phi) is 5.73. The Labute approximate surface area is 109 Å². The number of nitrogens with one attached hydrogen (secondary N) is 1. The molecule has 0 radical (unpaired) electrons. The van der Waals surface area contributed by atoms with Crippen LogP contribution < -0.4 is 5.32 Å². The summed E-state index contributed by atoms with van der Waals surface area (Å²) in [6, 6.07) is 0. The van der Waals surface area contributed by atoms with Crippen molar-refractivity contribution >= 4 is 28.3 Å². The van der Waals surface area contributed by atoms with E-state index in [2.05, 4.69) is 15.0 Å². The summed E-state index contributed by atoms with van der Waals surface area (Å²) in [7, 11) is 2.88. The van der Waals surface area contributed by atoms with Gasteiger partial charge in [-0.2, -0.15) is 0 Å². The molecule has 0 aliphatic rings. The highest BCUT2D eigenvalue weighted by molar-refractivity contribution is 7.16. The van der Waals surface area contributed by atoms with Gasteiger partial charge in [-0.15, -0.1) is 11.3 Å². The maximum Gasteiger partial charge on any atom is 0.310 e. The molecule has 1 heterocycles. The van der Waals surface area contributed by atoms with Gasteiger partial charge in [0.15, 0.2) is 5.13 Å². The third kappa shape index (κ3) is 4.42. The minimum absolute atomic E-state index is 0.157. The first-order valence-electron chi connectivity index (χ1n) is 5.38. The van der Waals surface area contributed by atoms with Crippen LogP contribution in [-0.2, 0) is 25.5 Å². The van der Waals surface area contributed by atoms with Crippen LogP contribution in [0.1, 0.15) is 17.0 Å². The molecule has 1 aromatic heterocycles. The van der Waals surface area contributed by atoms with Crippen molar-refractivity contribution in [1.29, 1.82) is 0 Å². The molecular formula is C11H16N2O4S. The molecule has 0 unspecified atom stereocenters. The van der Waals surface area contributed by atoms with Crippen LogP contribution in [-0.4, -0.2) is 37.7 Å². The van der Waals surface area contributed by atoms with E-state index in [9.17, 15) is 9.59 Å². The molecular weight excluding hydrogens is 256 g/mol.